The van der Waals surface area contributed by atoms with Crippen LogP contribution in [0.25, 0.3) is 10.4 Å². The van der Waals surface area contributed by atoms with Gasteiger partial charge >= 0.3 is 5.97 Å². The van der Waals surface area contributed by atoms with Crippen molar-refractivity contribution in [3.63, 3.8) is 0 Å². The van der Waals surface area contributed by atoms with E-state index in [0.29, 0.717) is 36.9 Å². The molecule has 1 saturated heterocycles. The highest BCUT2D eigenvalue weighted by Crippen LogP contribution is 2.28. The third-order valence-electron chi connectivity index (χ3n) is 3.01. The van der Waals surface area contributed by atoms with E-state index in [1.54, 1.807) is 17.2 Å². The smallest absolute Gasteiger partial charge is 0.311 e. The van der Waals surface area contributed by atoms with Gasteiger partial charge in [-0.15, -0.1) is 11.3 Å². The van der Waals surface area contributed by atoms with E-state index < -0.39 is 0 Å². The van der Waals surface area contributed by atoms with Gasteiger partial charge in [-0.25, -0.2) is 4.98 Å². The highest BCUT2D eigenvalue weighted by atomic mass is 32.1. The third kappa shape index (κ3) is 3.93. The fraction of sp³-hybridized carbons (Fsp3) is 0.583. The molecule has 2 heterocycles. The predicted molar refractivity (Wildman–Crippen MR) is 76.9 cm³/mol. The van der Waals surface area contributed by atoms with E-state index in [1.807, 2.05) is 0 Å². The van der Waals surface area contributed by atoms with Crippen molar-refractivity contribution in [3.8, 4) is 0 Å². The number of hydrogen-bond acceptors (Lipinski definition) is 6. The zero-order chi connectivity index (χ0) is 15.2. The minimum Gasteiger partial charge on any atom is -0.466 e. The van der Waals surface area contributed by atoms with E-state index in [4.69, 9.17) is 10.3 Å². The second-order valence-corrected chi connectivity index (χ2v) is 5.43. The van der Waals surface area contributed by atoms with E-state index >= 15 is 0 Å². The topological polar surface area (TPSA) is 108 Å². The first-order valence-corrected chi connectivity index (χ1v) is 7.43. The number of rotatable bonds is 6. The number of carbonyl (C=O) groups is 2. The summed E-state index contributed by atoms with van der Waals surface area (Å²) in [5.74, 6) is -0.348. The molecule has 1 fully saturated rings. The molecule has 0 saturated carbocycles. The number of anilines is 1. The van der Waals surface area contributed by atoms with E-state index in [9.17, 15) is 9.59 Å². The minimum atomic E-state index is -0.330. The Morgan fingerprint density at radius 3 is 3.24 bits per heavy atom. The molecule has 8 nitrogen and oxygen atoms in total. The van der Waals surface area contributed by atoms with Crippen molar-refractivity contribution in [2.24, 2.45) is 11.0 Å². The molecule has 0 radical (unpaired) electrons. The number of ether oxygens (including phenoxy) is 1. The molecule has 1 unspecified atom stereocenters. The normalized spacial score (nSPS) is 17.7. The first kappa shape index (κ1) is 15.3. The number of carbonyl (C=O) groups excluding carboxylic acids is 2. The van der Waals surface area contributed by atoms with Crippen LogP contribution in [0.3, 0.4) is 0 Å². The van der Waals surface area contributed by atoms with E-state index in [0.717, 1.165) is 0 Å². The molecule has 2 rings (SSSR count). The molecule has 1 aliphatic heterocycles. The Bertz CT molecular complexity index is 581. The maximum atomic E-state index is 11.9. The van der Waals surface area contributed by atoms with Crippen LogP contribution in [-0.2, 0) is 20.7 Å². The number of thiazole rings is 1. The fourth-order valence-electron chi connectivity index (χ4n) is 2.10. The minimum absolute atomic E-state index is 0.0193. The Kier molecular flexibility index (Phi) is 5.13. The van der Waals surface area contributed by atoms with Crippen molar-refractivity contribution >= 4 is 28.3 Å². The molecule has 0 N–H and O–H groups in total. The molecule has 1 aromatic rings. The number of aromatic nitrogens is 1. The van der Waals surface area contributed by atoms with Crippen molar-refractivity contribution in [2.45, 2.75) is 19.8 Å². The lowest BCUT2D eigenvalue weighted by Crippen LogP contribution is -2.24. The summed E-state index contributed by atoms with van der Waals surface area (Å²) in [6.45, 7) is 2.88. The van der Waals surface area contributed by atoms with Crippen molar-refractivity contribution in [3.05, 3.63) is 21.5 Å². The van der Waals surface area contributed by atoms with Crippen molar-refractivity contribution in [1.82, 2.24) is 4.98 Å². The van der Waals surface area contributed by atoms with Gasteiger partial charge in [-0.05, 0) is 18.4 Å². The average Bonchev–Trinajstić information content (AvgIpc) is 3.03. The van der Waals surface area contributed by atoms with Gasteiger partial charge in [0, 0.05) is 29.8 Å². The standard InChI is InChI=1S/C12H15N5O3S/c1-2-20-11(19)4-9-7-21-12(15-9)17-6-8(3-10(17)18)5-14-16-13/h7-8H,2-6H2,1H3. The molecule has 1 atom stereocenters. The van der Waals surface area contributed by atoms with Crippen molar-refractivity contribution in [1.29, 1.82) is 0 Å². The lowest BCUT2D eigenvalue weighted by molar-refractivity contribution is -0.142. The molecule has 0 bridgehead atoms. The monoisotopic (exact) mass is 309 g/mol. The van der Waals surface area contributed by atoms with Crippen LogP contribution >= 0.6 is 11.3 Å². The van der Waals surface area contributed by atoms with Gasteiger partial charge in [0.15, 0.2) is 5.13 Å². The maximum absolute atomic E-state index is 11.9. The molecule has 0 aromatic carbocycles. The number of amides is 1. The summed E-state index contributed by atoms with van der Waals surface area (Å²) in [5.41, 5.74) is 8.91. The van der Waals surface area contributed by atoms with Gasteiger partial charge in [0.2, 0.25) is 5.91 Å². The zero-order valence-electron chi connectivity index (χ0n) is 11.6. The zero-order valence-corrected chi connectivity index (χ0v) is 12.4. The average molecular weight is 309 g/mol. The number of esters is 1. The lowest BCUT2D eigenvalue weighted by Gasteiger charge is -2.11. The first-order chi connectivity index (χ1) is 10.1. The van der Waals surface area contributed by atoms with Gasteiger partial charge in [0.1, 0.15) is 0 Å². The van der Waals surface area contributed by atoms with Crippen LogP contribution in [0.4, 0.5) is 5.13 Å². The van der Waals surface area contributed by atoms with E-state index in [-0.39, 0.29) is 24.2 Å². The molecule has 1 aliphatic rings. The Morgan fingerprint density at radius 1 is 1.71 bits per heavy atom. The van der Waals surface area contributed by atoms with Gasteiger partial charge in [-0.1, -0.05) is 5.11 Å². The van der Waals surface area contributed by atoms with E-state index in [2.05, 4.69) is 15.0 Å². The van der Waals surface area contributed by atoms with Crippen LogP contribution in [0.2, 0.25) is 0 Å². The fourth-order valence-corrected chi connectivity index (χ4v) is 2.95. The molecular weight excluding hydrogens is 294 g/mol. The van der Waals surface area contributed by atoms with E-state index in [1.165, 1.54) is 11.3 Å². The largest absolute Gasteiger partial charge is 0.466 e. The Labute approximate surface area is 125 Å². The third-order valence-corrected chi connectivity index (χ3v) is 3.92. The molecule has 0 aliphatic carbocycles. The highest BCUT2D eigenvalue weighted by molar-refractivity contribution is 7.14. The summed E-state index contributed by atoms with van der Waals surface area (Å²) >= 11 is 1.32. The molecule has 1 aromatic heterocycles. The van der Waals surface area contributed by atoms with Gasteiger partial charge in [-0.2, -0.15) is 0 Å². The van der Waals surface area contributed by atoms with Crippen LogP contribution in [0.1, 0.15) is 19.0 Å². The number of azide groups is 1. The number of hydrogen-bond donors (Lipinski definition) is 0. The van der Waals surface area contributed by atoms with Crippen molar-refractivity contribution in [2.75, 3.05) is 24.6 Å². The Balaban J connectivity index is 1.99. The Morgan fingerprint density at radius 2 is 2.52 bits per heavy atom. The summed E-state index contributed by atoms with van der Waals surface area (Å²) in [6.07, 6.45) is 0.459. The van der Waals surface area contributed by atoms with Gasteiger partial charge in [0.05, 0.1) is 18.7 Å². The van der Waals surface area contributed by atoms with Gasteiger partial charge in [-0.3, -0.25) is 14.5 Å². The second-order valence-electron chi connectivity index (χ2n) is 4.59. The lowest BCUT2D eigenvalue weighted by atomic mass is 10.1. The summed E-state index contributed by atoms with van der Waals surface area (Å²) in [5, 5.41) is 5.83. The summed E-state index contributed by atoms with van der Waals surface area (Å²) in [7, 11) is 0. The SMILES string of the molecule is CCOC(=O)Cc1csc(N2CC(CN=[N+]=[N-])CC2=O)n1. The van der Waals surface area contributed by atoms with Gasteiger partial charge < -0.3 is 4.74 Å². The maximum Gasteiger partial charge on any atom is 0.311 e. The number of nitrogens with zero attached hydrogens (tertiary/aromatic N) is 5. The summed E-state index contributed by atoms with van der Waals surface area (Å²) < 4.78 is 4.86. The van der Waals surface area contributed by atoms with Crippen LogP contribution in [0.5, 0.6) is 0 Å². The second kappa shape index (κ2) is 7.05. The van der Waals surface area contributed by atoms with Crippen LogP contribution in [-0.4, -0.2) is 36.6 Å². The summed E-state index contributed by atoms with van der Waals surface area (Å²) in [4.78, 5) is 31.9. The Hall–Kier alpha value is -2.12. The quantitative estimate of drug-likeness (QED) is 0.346. The van der Waals surface area contributed by atoms with Crippen LogP contribution < -0.4 is 4.90 Å². The summed E-state index contributed by atoms with van der Waals surface area (Å²) in [6, 6.07) is 0. The van der Waals surface area contributed by atoms with Crippen LogP contribution in [0.15, 0.2) is 10.5 Å². The van der Waals surface area contributed by atoms with Crippen LogP contribution in [0, 0.1) is 5.92 Å². The molecule has 9 heteroatoms. The molecule has 0 spiro atoms. The highest BCUT2D eigenvalue weighted by Gasteiger charge is 2.31. The first-order valence-electron chi connectivity index (χ1n) is 6.55. The molecule has 1 amide bonds. The molecule has 21 heavy (non-hydrogen) atoms. The van der Waals surface area contributed by atoms with Gasteiger partial charge in [0.25, 0.3) is 0 Å². The predicted octanol–water partition coefficient (Wildman–Crippen LogP) is 1.91. The molecular formula is C12H15N5O3S. The van der Waals surface area contributed by atoms with Crippen molar-refractivity contribution < 1.29 is 14.3 Å². The molecule has 112 valence electrons.